The van der Waals surface area contributed by atoms with E-state index in [2.05, 4.69) is 20.6 Å². The summed E-state index contributed by atoms with van der Waals surface area (Å²) in [6, 6.07) is 18.7. The van der Waals surface area contributed by atoms with Crippen LogP contribution in [0.1, 0.15) is 10.4 Å². The number of hydrogen-bond acceptors (Lipinski definition) is 7. The minimum Gasteiger partial charge on any atom is -0.422 e. The number of carbonyl (C=O) groups excluding carboxylic acids is 1. The Morgan fingerprint density at radius 3 is 2.33 bits per heavy atom. The summed E-state index contributed by atoms with van der Waals surface area (Å²) in [6.07, 6.45) is 1.50. The van der Waals surface area contributed by atoms with Crippen LogP contribution in [0.3, 0.4) is 0 Å². The molecule has 5 rings (SSSR count). The van der Waals surface area contributed by atoms with Crippen molar-refractivity contribution in [3.05, 3.63) is 82.9 Å². The van der Waals surface area contributed by atoms with Crippen LogP contribution in [0.4, 0.5) is 11.5 Å². The smallest absolute Gasteiger partial charge is 0.384 e. The molecular weight excluding hydrogens is 420 g/mol. The van der Waals surface area contributed by atoms with Crippen LogP contribution >= 0.6 is 0 Å². The highest BCUT2D eigenvalue weighted by Crippen LogP contribution is 2.25. The standard InChI is InChI=1S/C24H22N6O3/c31-23(29-14-12-25-13-15-29)18-5-3-16(4-6-18)17-7-9-19(10-8-17)27-21-20-2-1-11-26-22(20)30(33)24(32)28-21/h1-11,25,33H,12-15H2,(H,27,28,32). The number of aromatic nitrogens is 3. The van der Waals surface area contributed by atoms with E-state index >= 15 is 0 Å². The molecule has 0 aliphatic carbocycles. The summed E-state index contributed by atoms with van der Waals surface area (Å²) >= 11 is 0. The van der Waals surface area contributed by atoms with Crippen molar-refractivity contribution in [3.8, 4) is 11.1 Å². The fraction of sp³-hybridized carbons (Fsp3) is 0.167. The Bertz CT molecular complexity index is 1360. The molecule has 0 spiro atoms. The maximum atomic E-state index is 12.6. The minimum absolute atomic E-state index is 0.0571. The SMILES string of the molecule is O=C(c1ccc(-c2ccc(Nc3nc(=O)n(O)c4ncccc34)cc2)cc1)N1CCNCC1. The van der Waals surface area contributed by atoms with Crippen molar-refractivity contribution < 1.29 is 10.0 Å². The maximum absolute atomic E-state index is 12.6. The summed E-state index contributed by atoms with van der Waals surface area (Å²) in [5.41, 5.74) is 2.73. The molecule has 9 nitrogen and oxygen atoms in total. The third-order valence-electron chi connectivity index (χ3n) is 5.65. The summed E-state index contributed by atoms with van der Waals surface area (Å²) in [5, 5.41) is 16.8. The normalized spacial score (nSPS) is 13.8. The molecular formula is C24H22N6O3. The first-order chi connectivity index (χ1) is 16.1. The summed E-state index contributed by atoms with van der Waals surface area (Å²) < 4.78 is 0.431. The highest BCUT2D eigenvalue weighted by molar-refractivity contribution is 5.95. The van der Waals surface area contributed by atoms with E-state index in [4.69, 9.17) is 0 Å². The number of anilines is 2. The average molecular weight is 442 g/mol. The molecule has 3 N–H and O–H groups in total. The van der Waals surface area contributed by atoms with Gasteiger partial charge in [-0.15, -0.1) is 4.73 Å². The fourth-order valence-corrected chi connectivity index (χ4v) is 3.88. The van der Waals surface area contributed by atoms with E-state index in [1.807, 2.05) is 53.4 Å². The summed E-state index contributed by atoms with van der Waals surface area (Å²) in [4.78, 5) is 34.4. The highest BCUT2D eigenvalue weighted by Gasteiger charge is 2.17. The van der Waals surface area contributed by atoms with E-state index in [9.17, 15) is 14.8 Å². The molecule has 2 aromatic heterocycles. The van der Waals surface area contributed by atoms with E-state index in [0.717, 1.165) is 43.0 Å². The van der Waals surface area contributed by atoms with Gasteiger partial charge in [0.25, 0.3) is 5.91 Å². The lowest BCUT2D eigenvalue weighted by molar-refractivity contribution is 0.0736. The van der Waals surface area contributed by atoms with Gasteiger partial charge in [-0.25, -0.2) is 9.78 Å². The van der Waals surface area contributed by atoms with Gasteiger partial charge in [-0.1, -0.05) is 24.3 Å². The first kappa shape index (κ1) is 20.7. The molecule has 4 aromatic rings. The van der Waals surface area contributed by atoms with Crippen molar-refractivity contribution in [2.45, 2.75) is 0 Å². The van der Waals surface area contributed by atoms with Crippen molar-refractivity contribution in [1.29, 1.82) is 0 Å². The quantitative estimate of drug-likeness (QED) is 0.416. The zero-order valence-corrected chi connectivity index (χ0v) is 17.7. The lowest BCUT2D eigenvalue weighted by Crippen LogP contribution is -2.46. The number of fused-ring (bicyclic) bond motifs is 1. The van der Waals surface area contributed by atoms with Crippen molar-refractivity contribution in [1.82, 2.24) is 24.9 Å². The summed E-state index contributed by atoms with van der Waals surface area (Å²) in [5.74, 6) is 0.374. The van der Waals surface area contributed by atoms with Crippen LogP contribution in [-0.4, -0.2) is 56.9 Å². The Hall–Kier alpha value is -4.24. The van der Waals surface area contributed by atoms with E-state index in [1.165, 1.54) is 6.20 Å². The number of carbonyl (C=O) groups is 1. The molecule has 166 valence electrons. The largest absolute Gasteiger partial charge is 0.422 e. The van der Waals surface area contributed by atoms with E-state index in [-0.39, 0.29) is 11.6 Å². The Labute approximate surface area is 189 Å². The first-order valence-electron chi connectivity index (χ1n) is 10.6. The molecule has 1 aliphatic rings. The van der Waals surface area contributed by atoms with E-state index in [0.29, 0.717) is 21.5 Å². The Kier molecular flexibility index (Phi) is 5.45. The lowest BCUT2D eigenvalue weighted by atomic mass is 10.0. The van der Waals surface area contributed by atoms with Crippen LogP contribution in [0, 0.1) is 0 Å². The number of piperazine rings is 1. The second-order valence-electron chi connectivity index (χ2n) is 7.75. The van der Waals surface area contributed by atoms with Gasteiger partial charge in [0.1, 0.15) is 5.82 Å². The molecule has 0 bridgehead atoms. The lowest BCUT2D eigenvalue weighted by Gasteiger charge is -2.27. The molecule has 2 aromatic carbocycles. The van der Waals surface area contributed by atoms with E-state index in [1.54, 1.807) is 12.1 Å². The van der Waals surface area contributed by atoms with Gasteiger partial charge in [0.15, 0.2) is 5.65 Å². The Morgan fingerprint density at radius 2 is 1.64 bits per heavy atom. The van der Waals surface area contributed by atoms with E-state index < -0.39 is 5.69 Å². The van der Waals surface area contributed by atoms with Crippen LogP contribution in [0.2, 0.25) is 0 Å². The van der Waals surface area contributed by atoms with Crippen molar-refractivity contribution in [3.63, 3.8) is 0 Å². The molecule has 1 saturated heterocycles. The molecule has 0 saturated carbocycles. The molecule has 9 heteroatoms. The van der Waals surface area contributed by atoms with Crippen molar-refractivity contribution in [2.24, 2.45) is 0 Å². The topological polar surface area (TPSA) is 112 Å². The molecule has 1 amide bonds. The van der Waals surface area contributed by atoms with Gasteiger partial charge >= 0.3 is 5.69 Å². The first-order valence-corrected chi connectivity index (χ1v) is 10.6. The van der Waals surface area contributed by atoms with Crippen LogP contribution in [0.15, 0.2) is 71.7 Å². The van der Waals surface area contributed by atoms with Crippen molar-refractivity contribution in [2.75, 3.05) is 31.5 Å². The van der Waals surface area contributed by atoms with Crippen LogP contribution in [-0.2, 0) is 0 Å². The summed E-state index contributed by atoms with van der Waals surface area (Å²) in [6.45, 7) is 3.10. The van der Waals surface area contributed by atoms with Gasteiger partial charge in [0, 0.05) is 43.6 Å². The molecule has 0 unspecified atom stereocenters. The van der Waals surface area contributed by atoms with Gasteiger partial charge in [0.2, 0.25) is 0 Å². The molecule has 1 fully saturated rings. The summed E-state index contributed by atoms with van der Waals surface area (Å²) in [7, 11) is 0. The molecule has 0 radical (unpaired) electrons. The number of amides is 1. The van der Waals surface area contributed by atoms with Crippen molar-refractivity contribution >= 4 is 28.4 Å². The molecule has 33 heavy (non-hydrogen) atoms. The van der Waals surface area contributed by atoms with Crippen LogP contribution in [0.25, 0.3) is 22.2 Å². The number of nitrogens with one attached hydrogen (secondary N) is 2. The molecule has 3 heterocycles. The zero-order valence-electron chi connectivity index (χ0n) is 17.7. The van der Waals surface area contributed by atoms with Crippen LogP contribution in [0.5, 0.6) is 0 Å². The highest BCUT2D eigenvalue weighted by atomic mass is 16.5. The predicted molar refractivity (Wildman–Crippen MR) is 125 cm³/mol. The Balaban J connectivity index is 1.34. The second-order valence-corrected chi connectivity index (χ2v) is 7.75. The number of nitrogens with zero attached hydrogens (tertiary/aromatic N) is 4. The minimum atomic E-state index is -0.809. The van der Waals surface area contributed by atoms with Gasteiger partial charge in [0.05, 0.1) is 5.39 Å². The zero-order chi connectivity index (χ0) is 22.8. The molecule has 0 atom stereocenters. The maximum Gasteiger partial charge on any atom is 0.384 e. The third kappa shape index (κ3) is 4.13. The van der Waals surface area contributed by atoms with Gasteiger partial charge < -0.3 is 20.7 Å². The predicted octanol–water partition coefficient (Wildman–Crippen LogP) is 2.48. The van der Waals surface area contributed by atoms with Gasteiger partial charge in [-0.2, -0.15) is 4.98 Å². The number of benzene rings is 2. The number of pyridine rings is 1. The van der Waals surface area contributed by atoms with Crippen LogP contribution < -0.4 is 16.3 Å². The second kappa shape index (κ2) is 8.71. The Morgan fingerprint density at radius 1 is 0.970 bits per heavy atom. The van der Waals surface area contributed by atoms with Gasteiger partial charge in [-0.3, -0.25) is 4.79 Å². The third-order valence-corrected chi connectivity index (χ3v) is 5.65. The molecule has 1 aliphatic heterocycles. The number of hydrogen-bond donors (Lipinski definition) is 3. The number of rotatable bonds is 4. The van der Waals surface area contributed by atoms with Gasteiger partial charge in [-0.05, 0) is 47.5 Å². The monoisotopic (exact) mass is 442 g/mol. The average Bonchev–Trinajstić information content (AvgIpc) is 2.88. The fourth-order valence-electron chi connectivity index (χ4n) is 3.88.